The Morgan fingerprint density at radius 2 is 1.94 bits per heavy atom. The van der Waals surface area contributed by atoms with Crippen LogP contribution in [0.25, 0.3) is 0 Å². The Morgan fingerprint density at radius 1 is 1.28 bits per heavy atom. The number of rotatable bonds is 3. The van der Waals surface area contributed by atoms with E-state index < -0.39 is 5.97 Å². The number of hydrogen-bond acceptors (Lipinski definition) is 8. The summed E-state index contributed by atoms with van der Waals surface area (Å²) in [5.41, 5.74) is 10.8. The molecule has 0 aliphatic rings. The van der Waals surface area contributed by atoms with E-state index in [1.54, 1.807) is 13.0 Å². The molecule has 0 atom stereocenters. The zero-order chi connectivity index (χ0) is 13.1. The summed E-state index contributed by atoms with van der Waals surface area (Å²) >= 11 is 0. The van der Waals surface area contributed by atoms with Crippen molar-refractivity contribution in [1.29, 1.82) is 0 Å². The number of hydrogen-bond donors (Lipinski definition) is 2. The number of aryl methyl sites for hydroxylation is 1. The van der Waals surface area contributed by atoms with E-state index in [2.05, 4.69) is 15.0 Å². The second-order valence-electron chi connectivity index (χ2n) is 3.45. The first-order valence-electron chi connectivity index (χ1n) is 5.04. The summed E-state index contributed by atoms with van der Waals surface area (Å²) in [5, 5.41) is 0. The highest BCUT2D eigenvalue weighted by Crippen LogP contribution is 2.09. The zero-order valence-electron chi connectivity index (χ0n) is 9.58. The van der Waals surface area contributed by atoms with Crippen LogP contribution in [0, 0.1) is 6.92 Å². The van der Waals surface area contributed by atoms with Crippen molar-refractivity contribution in [2.24, 2.45) is 0 Å². The number of anilines is 2. The van der Waals surface area contributed by atoms with E-state index in [4.69, 9.17) is 20.6 Å². The lowest BCUT2D eigenvalue weighted by Crippen LogP contribution is -2.10. The van der Waals surface area contributed by atoms with Crippen molar-refractivity contribution in [3.63, 3.8) is 0 Å². The number of nitrogen functional groups attached to an aromatic ring is 2. The second kappa shape index (κ2) is 4.70. The van der Waals surface area contributed by atoms with Crippen LogP contribution < -0.4 is 11.5 Å². The maximum absolute atomic E-state index is 11.6. The molecule has 0 radical (unpaired) electrons. The van der Waals surface area contributed by atoms with Gasteiger partial charge in [0.05, 0.1) is 0 Å². The molecule has 2 rings (SSSR count). The average Bonchev–Trinajstić information content (AvgIpc) is 2.71. The molecule has 2 heterocycles. The third-order valence-corrected chi connectivity index (χ3v) is 1.99. The third kappa shape index (κ3) is 2.73. The maximum atomic E-state index is 11.6. The Balaban J connectivity index is 2.01. The molecule has 2 aromatic heterocycles. The smallest absolute Gasteiger partial charge is 0.374 e. The molecular weight excluding hydrogens is 238 g/mol. The standard InChI is InChI=1S/C10H11N5O3/c1-5-2-3-6(18-5)8(16)17-4-7-13-9(11)15-10(12)14-7/h2-3H,4H2,1H3,(H4,11,12,13,14,15). The van der Waals surface area contributed by atoms with E-state index in [1.165, 1.54) is 6.07 Å². The molecule has 0 aliphatic carbocycles. The van der Waals surface area contributed by atoms with Crippen molar-refractivity contribution in [2.75, 3.05) is 11.5 Å². The van der Waals surface area contributed by atoms with Crippen molar-refractivity contribution in [3.05, 3.63) is 29.5 Å². The van der Waals surface area contributed by atoms with Crippen molar-refractivity contribution in [2.45, 2.75) is 13.5 Å². The summed E-state index contributed by atoms with van der Waals surface area (Å²) in [4.78, 5) is 22.7. The van der Waals surface area contributed by atoms with Gasteiger partial charge in [-0.05, 0) is 19.1 Å². The summed E-state index contributed by atoms with van der Waals surface area (Å²) in [5.74, 6) is 0.250. The van der Waals surface area contributed by atoms with Crippen molar-refractivity contribution in [3.8, 4) is 0 Å². The van der Waals surface area contributed by atoms with Gasteiger partial charge in [-0.3, -0.25) is 0 Å². The third-order valence-electron chi connectivity index (χ3n) is 1.99. The summed E-state index contributed by atoms with van der Waals surface area (Å²) in [6, 6.07) is 3.18. The monoisotopic (exact) mass is 249 g/mol. The fourth-order valence-corrected chi connectivity index (χ4v) is 1.27. The summed E-state index contributed by atoms with van der Waals surface area (Å²) in [6.07, 6.45) is 0. The number of esters is 1. The minimum absolute atomic E-state index is 0.0256. The Hall–Kier alpha value is -2.64. The lowest BCUT2D eigenvalue weighted by molar-refractivity contribution is 0.0424. The summed E-state index contributed by atoms with van der Waals surface area (Å²) < 4.78 is 10.0. The van der Waals surface area contributed by atoms with Gasteiger partial charge >= 0.3 is 5.97 Å². The highest BCUT2D eigenvalue weighted by atomic mass is 16.5. The Morgan fingerprint density at radius 3 is 2.50 bits per heavy atom. The van der Waals surface area contributed by atoms with Crippen LogP contribution in [0.5, 0.6) is 0 Å². The lowest BCUT2D eigenvalue weighted by atomic mass is 10.4. The van der Waals surface area contributed by atoms with Crippen molar-refractivity contribution < 1.29 is 13.9 Å². The van der Waals surface area contributed by atoms with Crippen LogP contribution in [0.1, 0.15) is 22.1 Å². The quantitative estimate of drug-likeness (QED) is 0.742. The summed E-state index contributed by atoms with van der Waals surface area (Å²) in [7, 11) is 0. The first-order valence-corrected chi connectivity index (χ1v) is 5.04. The molecule has 0 fully saturated rings. The predicted molar refractivity (Wildman–Crippen MR) is 61.2 cm³/mol. The molecule has 2 aromatic rings. The number of nitrogens with two attached hydrogens (primary N) is 2. The highest BCUT2D eigenvalue weighted by Gasteiger charge is 2.12. The van der Waals surface area contributed by atoms with Gasteiger partial charge in [-0.2, -0.15) is 15.0 Å². The molecule has 0 bridgehead atoms. The van der Waals surface area contributed by atoms with Crippen molar-refractivity contribution in [1.82, 2.24) is 15.0 Å². The molecule has 0 aromatic carbocycles. The van der Waals surface area contributed by atoms with Gasteiger partial charge in [-0.1, -0.05) is 0 Å². The van der Waals surface area contributed by atoms with E-state index in [9.17, 15) is 4.79 Å². The molecule has 0 saturated heterocycles. The van der Waals surface area contributed by atoms with E-state index in [0.717, 1.165) is 0 Å². The van der Waals surface area contributed by atoms with Gasteiger partial charge in [-0.15, -0.1) is 0 Å². The fourth-order valence-electron chi connectivity index (χ4n) is 1.27. The molecule has 0 spiro atoms. The molecule has 4 N–H and O–H groups in total. The first-order chi connectivity index (χ1) is 8.54. The Bertz CT molecular complexity index is 560. The molecular formula is C10H11N5O3. The van der Waals surface area contributed by atoms with Crippen LogP contribution in [-0.2, 0) is 11.3 Å². The summed E-state index contributed by atoms with van der Waals surface area (Å²) in [6.45, 7) is 1.57. The number of carbonyl (C=O) groups is 1. The zero-order valence-corrected chi connectivity index (χ0v) is 9.58. The lowest BCUT2D eigenvalue weighted by Gasteiger charge is -2.03. The van der Waals surface area contributed by atoms with E-state index in [1.807, 2.05) is 0 Å². The van der Waals surface area contributed by atoms with Crippen LogP contribution in [-0.4, -0.2) is 20.9 Å². The molecule has 0 saturated carbocycles. The minimum atomic E-state index is -0.611. The molecule has 0 aliphatic heterocycles. The Kier molecular flexibility index (Phi) is 3.09. The van der Waals surface area contributed by atoms with E-state index in [0.29, 0.717) is 5.76 Å². The van der Waals surface area contributed by atoms with E-state index >= 15 is 0 Å². The van der Waals surface area contributed by atoms with Gasteiger partial charge < -0.3 is 20.6 Å². The number of aromatic nitrogens is 3. The second-order valence-corrected chi connectivity index (χ2v) is 3.45. The largest absolute Gasteiger partial charge is 0.454 e. The van der Waals surface area contributed by atoms with Crippen LogP contribution in [0.2, 0.25) is 0 Å². The van der Waals surface area contributed by atoms with Gasteiger partial charge in [0.1, 0.15) is 5.76 Å². The number of carbonyl (C=O) groups excluding carboxylic acids is 1. The van der Waals surface area contributed by atoms with Crippen LogP contribution in [0.3, 0.4) is 0 Å². The predicted octanol–water partition coefficient (Wildman–Crippen LogP) is 0.294. The molecule has 0 unspecified atom stereocenters. The fraction of sp³-hybridized carbons (Fsp3) is 0.200. The van der Waals surface area contributed by atoms with Gasteiger partial charge in [0, 0.05) is 0 Å². The molecule has 0 amide bonds. The highest BCUT2D eigenvalue weighted by molar-refractivity contribution is 5.86. The first kappa shape index (κ1) is 11.8. The number of nitrogens with zero attached hydrogens (tertiary/aromatic N) is 3. The van der Waals surface area contributed by atoms with Crippen LogP contribution in [0.15, 0.2) is 16.5 Å². The maximum Gasteiger partial charge on any atom is 0.374 e. The van der Waals surface area contributed by atoms with Crippen molar-refractivity contribution >= 4 is 17.9 Å². The molecule has 18 heavy (non-hydrogen) atoms. The van der Waals surface area contributed by atoms with Gasteiger partial charge in [0.25, 0.3) is 0 Å². The minimum Gasteiger partial charge on any atom is -0.454 e. The Labute approximate surface area is 102 Å². The molecule has 94 valence electrons. The van der Waals surface area contributed by atoms with Crippen LogP contribution in [0.4, 0.5) is 11.9 Å². The van der Waals surface area contributed by atoms with Gasteiger partial charge in [0.2, 0.25) is 17.7 Å². The topological polar surface area (TPSA) is 130 Å². The van der Waals surface area contributed by atoms with E-state index in [-0.39, 0.29) is 30.1 Å². The number of furan rings is 1. The molecule has 8 nitrogen and oxygen atoms in total. The normalized spacial score (nSPS) is 10.3. The SMILES string of the molecule is Cc1ccc(C(=O)OCc2nc(N)nc(N)n2)o1. The number of ether oxygens (including phenoxy) is 1. The molecule has 8 heteroatoms. The van der Waals surface area contributed by atoms with Gasteiger partial charge in [-0.25, -0.2) is 4.79 Å². The van der Waals surface area contributed by atoms with Crippen LogP contribution >= 0.6 is 0 Å². The van der Waals surface area contributed by atoms with Gasteiger partial charge in [0.15, 0.2) is 12.4 Å². The average molecular weight is 249 g/mol.